The molecule has 1 aromatic rings. The number of hydrogen-bond acceptors (Lipinski definition) is 2. The number of carbonyl (C=O) groups excluding carboxylic acids is 1. The molecule has 0 aliphatic carbocycles. The van der Waals surface area contributed by atoms with E-state index in [0.717, 1.165) is 25.0 Å². The Morgan fingerprint density at radius 3 is 2.45 bits per heavy atom. The van der Waals surface area contributed by atoms with Crippen LogP contribution in [0.15, 0.2) is 41.6 Å². The highest BCUT2D eigenvalue weighted by Gasteiger charge is 2.37. The predicted octanol–water partition coefficient (Wildman–Crippen LogP) is 5.44. The van der Waals surface area contributed by atoms with Crippen molar-refractivity contribution in [1.82, 2.24) is 4.90 Å². The van der Waals surface area contributed by atoms with Crippen molar-refractivity contribution in [2.24, 2.45) is 0 Å². The molecule has 0 N–H and O–H groups in total. The van der Waals surface area contributed by atoms with Gasteiger partial charge in [-0.25, -0.2) is 4.79 Å². The van der Waals surface area contributed by atoms with E-state index in [9.17, 15) is 4.79 Å². The second-order valence-electron chi connectivity index (χ2n) is 6.96. The molecule has 1 amide bonds. The minimum absolute atomic E-state index is 0.0533. The van der Waals surface area contributed by atoms with Gasteiger partial charge >= 0.3 is 6.09 Å². The summed E-state index contributed by atoms with van der Waals surface area (Å²) in [5.74, 6) is 0. The first-order chi connectivity index (χ1) is 10.3. The first-order valence-electron chi connectivity index (χ1n) is 8.09. The summed E-state index contributed by atoms with van der Waals surface area (Å²) in [4.78, 5) is 14.6. The van der Waals surface area contributed by atoms with E-state index in [2.05, 4.69) is 26.0 Å². The summed E-state index contributed by atoms with van der Waals surface area (Å²) in [6, 6.07) is 10.3. The molecule has 1 aromatic carbocycles. The molecule has 0 unspecified atom stereocenters. The van der Waals surface area contributed by atoms with Crippen LogP contribution in [0.4, 0.5) is 4.79 Å². The second kappa shape index (κ2) is 6.55. The monoisotopic (exact) mass is 301 g/mol. The highest BCUT2D eigenvalue weighted by Crippen LogP contribution is 2.41. The van der Waals surface area contributed by atoms with Gasteiger partial charge in [0.2, 0.25) is 0 Å². The number of nitrogens with zero attached hydrogens (tertiary/aromatic N) is 1. The van der Waals surface area contributed by atoms with Gasteiger partial charge in [0.1, 0.15) is 5.60 Å². The molecule has 1 atom stereocenters. The Hall–Kier alpha value is -1.77. The Bertz CT molecular complexity index is 555. The highest BCUT2D eigenvalue weighted by molar-refractivity contribution is 5.72. The van der Waals surface area contributed by atoms with Gasteiger partial charge in [0.25, 0.3) is 0 Å². The van der Waals surface area contributed by atoms with Crippen molar-refractivity contribution >= 4 is 6.09 Å². The van der Waals surface area contributed by atoms with Crippen molar-refractivity contribution in [3.8, 4) is 0 Å². The third-order valence-corrected chi connectivity index (χ3v) is 3.86. The lowest BCUT2D eigenvalue weighted by atomic mass is 10.0. The lowest BCUT2D eigenvalue weighted by Gasteiger charge is -2.31. The molecule has 3 nitrogen and oxygen atoms in total. The van der Waals surface area contributed by atoms with Gasteiger partial charge in [-0.15, -0.1) is 0 Å². The van der Waals surface area contributed by atoms with Crippen LogP contribution in [0.3, 0.4) is 0 Å². The topological polar surface area (TPSA) is 29.5 Å². The Morgan fingerprint density at radius 2 is 1.91 bits per heavy atom. The average molecular weight is 301 g/mol. The Morgan fingerprint density at radius 1 is 1.27 bits per heavy atom. The molecule has 0 fully saturated rings. The summed E-state index contributed by atoms with van der Waals surface area (Å²) < 4.78 is 5.65. The van der Waals surface area contributed by atoms with E-state index in [1.54, 1.807) is 0 Å². The summed E-state index contributed by atoms with van der Waals surface area (Å²) in [5.41, 5.74) is 3.11. The van der Waals surface area contributed by atoms with Gasteiger partial charge in [-0.2, -0.15) is 0 Å². The van der Waals surface area contributed by atoms with Crippen LogP contribution in [0.5, 0.6) is 0 Å². The van der Waals surface area contributed by atoms with Crippen molar-refractivity contribution in [2.75, 3.05) is 0 Å². The number of rotatable bonds is 3. The van der Waals surface area contributed by atoms with Crippen LogP contribution in [-0.2, 0) is 4.74 Å². The SMILES string of the molecule is CCCC1=C(C)C[C@@H](c2ccccc2)N1C(=O)OC(C)(C)C. The number of ether oxygens (including phenoxy) is 1. The first-order valence-corrected chi connectivity index (χ1v) is 8.09. The van der Waals surface area contributed by atoms with Crippen LogP contribution in [-0.4, -0.2) is 16.6 Å². The standard InChI is InChI=1S/C19H27NO2/c1-6-10-16-14(2)13-17(15-11-8-7-9-12-15)20(16)18(21)22-19(3,4)5/h7-9,11-12,17H,6,10,13H2,1-5H3/t17-/m0/s1. The lowest BCUT2D eigenvalue weighted by molar-refractivity contribution is 0.0256. The molecular formula is C19H27NO2. The molecular weight excluding hydrogens is 274 g/mol. The maximum absolute atomic E-state index is 12.7. The van der Waals surface area contributed by atoms with E-state index in [0.29, 0.717) is 0 Å². The zero-order valence-corrected chi connectivity index (χ0v) is 14.3. The fourth-order valence-electron chi connectivity index (χ4n) is 2.95. The van der Waals surface area contributed by atoms with Gasteiger partial charge < -0.3 is 4.74 Å². The molecule has 0 radical (unpaired) electrons. The molecule has 22 heavy (non-hydrogen) atoms. The van der Waals surface area contributed by atoms with Crippen LogP contribution in [0.25, 0.3) is 0 Å². The van der Waals surface area contributed by atoms with E-state index in [1.165, 1.54) is 11.1 Å². The molecule has 3 heteroatoms. The molecule has 0 spiro atoms. The fourth-order valence-corrected chi connectivity index (χ4v) is 2.95. The molecule has 0 saturated heterocycles. The van der Waals surface area contributed by atoms with Gasteiger partial charge in [0.05, 0.1) is 6.04 Å². The van der Waals surface area contributed by atoms with E-state index in [4.69, 9.17) is 4.74 Å². The third kappa shape index (κ3) is 3.70. The Labute approximate surface area is 134 Å². The largest absolute Gasteiger partial charge is 0.443 e. The molecule has 0 saturated carbocycles. The van der Waals surface area contributed by atoms with E-state index < -0.39 is 5.60 Å². The maximum Gasteiger partial charge on any atom is 0.415 e. The van der Waals surface area contributed by atoms with Crippen LogP contribution < -0.4 is 0 Å². The lowest BCUT2D eigenvalue weighted by Crippen LogP contribution is -2.36. The Kier molecular flexibility index (Phi) is 4.94. The van der Waals surface area contributed by atoms with Crippen molar-refractivity contribution in [2.45, 2.75) is 65.5 Å². The minimum Gasteiger partial charge on any atom is -0.443 e. The van der Waals surface area contributed by atoms with Crippen molar-refractivity contribution in [1.29, 1.82) is 0 Å². The summed E-state index contributed by atoms with van der Waals surface area (Å²) in [7, 11) is 0. The number of carbonyl (C=O) groups is 1. The number of hydrogen-bond donors (Lipinski definition) is 0. The molecule has 120 valence electrons. The van der Waals surface area contributed by atoms with Crippen molar-refractivity contribution in [3.63, 3.8) is 0 Å². The quantitative estimate of drug-likeness (QED) is 0.743. The second-order valence-corrected chi connectivity index (χ2v) is 6.96. The third-order valence-electron chi connectivity index (χ3n) is 3.86. The molecule has 0 bridgehead atoms. The molecule has 1 aliphatic rings. The molecule has 1 aliphatic heterocycles. The van der Waals surface area contributed by atoms with Gasteiger partial charge in [0.15, 0.2) is 0 Å². The highest BCUT2D eigenvalue weighted by atomic mass is 16.6. The summed E-state index contributed by atoms with van der Waals surface area (Å²) in [6.45, 7) is 10.0. The first kappa shape index (κ1) is 16.6. The normalized spacial score (nSPS) is 18.8. The smallest absolute Gasteiger partial charge is 0.415 e. The van der Waals surface area contributed by atoms with E-state index >= 15 is 0 Å². The van der Waals surface area contributed by atoms with Gasteiger partial charge in [0, 0.05) is 5.70 Å². The number of amides is 1. The van der Waals surface area contributed by atoms with Crippen molar-refractivity contribution in [3.05, 3.63) is 47.2 Å². The van der Waals surface area contributed by atoms with Gasteiger partial charge in [-0.1, -0.05) is 49.2 Å². The van der Waals surface area contributed by atoms with Crippen molar-refractivity contribution < 1.29 is 9.53 Å². The summed E-state index contributed by atoms with van der Waals surface area (Å²) >= 11 is 0. The van der Waals surface area contributed by atoms with Crippen LogP contribution >= 0.6 is 0 Å². The van der Waals surface area contributed by atoms with Crippen LogP contribution in [0.2, 0.25) is 0 Å². The average Bonchev–Trinajstić information content (AvgIpc) is 2.76. The number of benzene rings is 1. The number of allylic oxidation sites excluding steroid dienone is 1. The summed E-state index contributed by atoms with van der Waals surface area (Å²) in [5, 5.41) is 0. The minimum atomic E-state index is -0.480. The van der Waals surface area contributed by atoms with Crippen LogP contribution in [0, 0.1) is 0 Å². The molecule has 2 rings (SSSR count). The predicted molar refractivity (Wildman–Crippen MR) is 89.5 cm³/mol. The van der Waals surface area contributed by atoms with Gasteiger partial charge in [-0.05, 0) is 46.1 Å². The zero-order valence-electron chi connectivity index (χ0n) is 14.3. The van der Waals surface area contributed by atoms with Gasteiger partial charge in [-0.3, -0.25) is 4.90 Å². The fraction of sp³-hybridized carbons (Fsp3) is 0.526. The van der Waals surface area contributed by atoms with E-state index in [1.807, 2.05) is 43.9 Å². The molecule has 0 aromatic heterocycles. The zero-order chi connectivity index (χ0) is 16.3. The summed E-state index contributed by atoms with van der Waals surface area (Å²) in [6.07, 6.45) is 2.59. The molecule has 1 heterocycles. The van der Waals surface area contributed by atoms with Crippen LogP contribution in [0.1, 0.15) is 65.5 Å². The Balaban J connectivity index is 2.33. The van der Waals surface area contributed by atoms with E-state index in [-0.39, 0.29) is 12.1 Å². The maximum atomic E-state index is 12.7.